The van der Waals surface area contributed by atoms with Crippen LogP contribution in [0, 0.1) is 0 Å². The molecule has 3 N–H and O–H groups in total. The van der Waals surface area contributed by atoms with Gasteiger partial charge in [0, 0.05) is 23.1 Å². The van der Waals surface area contributed by atoms with Crippen molar-refractivity contribution in [2.75, 3.05) is 18.1 Å². The Hall–Kier alpha value is -1.20. The van der Waals surface area contributed by atoms with Crippen LogP contribution in [-0.2, 0) is 22.1 Å². The molecule has 0 aromatic heterocycles. The average molecular weight is 254 g/mol. The predicted molar refractivity (Wildman–Crippen MR) is 69.8 cm³/mol. The molecule has 1 rings (SSSR count). The Balaban J connectivity index is 2.24. The molecule has 0 saturated carbocycles. The maximum Gasteiger partial charge on any atom is 0.232 e. The quantitative estimate of drug-likeness (QED) is 0.740. The molecule has 0 fully saturated rings. The van der Waals surface area contributed by atoms with Crippen LogP contribution in [0.15, 0.2) is 30.3 Å². The first-order chi connectivity index (χ1) is 8.22. The van der Waals surface area contributed by atoms with E-state index in [0.29, 0.717) is 25.3 Å². The molecule has 1 unspecified atom stereocenters. The number of benzene rings is 1. The van der Waals surface area contributed by atoms with Crippen molar-refractivity contribution in [2.45, 2.75) is 13.0 Å². The summed E-state index contributed by atoms with van der Waals surface area (Å²) in [5, 5.41) is 2.74. The van der Waals surface area contributed by atoms with Crippen LogP contribution in [0.3, 0.4) is 0 Å². The van der Waals surface area contributed by atoms with E-state index in [1.807, 2.05) is 30.3 Å². The molecular formula is C12H18N2O2S. The first-order valence-electron chi connectivity index (χ1n) is 5.58. The monoisotopic (exact) mass is 254 g/mol. The van der Waals surface area contributed by atoms with Gasteiger partial charge in [-0.3, -0.25) is 9.00 Å². The minimum atomic E-state index is -1.10. The fourth-order valence-electron chi connectivity index (χ4n) is 1.31. The van der Waals surface area contributed by atoms with Gasteiger partial charge in [0.15, 0.2) is 0 Å². The summed E-state index contributed by atoms with van der Waals surface area (Å²) in [6, 6.07) is 9.63. The van der Waals surface area contributed by atoms with Gasteiger partial charge in [-0.1, -0.05) is 30.3 Å². The van der Waals surface area contributed by atoms with Crippen LogP contribution in [0.4, 0.5) is 0 Å². The predicted octanol–water partition coefficient (Wildman–Crippen LogP) is 0.400. The SMILES string of the molecule is NCCCS(=O)CC(=O)NCc1ccccc1. The average Bonchev–Trinajstić information content (AvgIpc) is 2.35. The van der Waals surface area contributed by atoms with Crippen molar-refractivity contribution < 1.29 is 9.00 Å². The van der Waals surface area contributed by atoms with Crippen LogP contribution >= 0.6 is 0 Å². The van der Waals surface area contributed by atoms with Gasteiger partial charge >= 0.3 is 0 Å². The number of hydrogen-bond acceptors (Lipinski definition) is 3. The van der Waals surface area contributed by atoms with Gasteiger partial charge in [-0.15, -0.1) is 0 Å². The summed E-state index contributed by atoms with van der Waals surface area (Å²) in [6.07, 6.45) is 0.693. The van der Waals surface area contributed by atoms with E-state index in [1.165, 1.54) is 0 Å². The molecule has 1 amide bonds. The zero-order valence-electron chi connectivity index (χ0n) is 9.72. The normalized spacial score (nSPS) is 12.1. The first-order valence-corrected chi connectivity index (χ1v) is 7.07. The van der Waals surface area contributed by atoms with Crippen LogP contribution in [0.5, 0.6) is 0 Å². The topological polar surface area (TPSA) is 72.2 Å². The van der Waals surface area contributed by atoms with Crippen LogP contribution < -0.4 is 11.1 Å². The fourth-order valence-corrected chi connectivity index (χ4v) is 2.34. The number of nitrogens with one attached hydrogen (secondary N) is 1. The molecule has 1 aromatic carbocycles. The Morgan fingerprint density at radius 1 is 1.29 bits per heavy atom. The lowest BCUT2D eigenvalue weighted by molar-refractivity contribution is -0.118. The molecule has 17 heavy (non-hydrogen) atoms. The lowest BCUT2D eigenvalue weighted by Gasteiger charge is -2.05. The van der Waals surface area contributed by atoms with Crippen molar-refractivity contribution in [3.8, 4) is 0 Å². The maximum absolute atomic E-state index is 11.5. The lowest BCUT2D eigenvalue weighted by atomic mass is 10.2. The number of amides is 1. The maximum atomic E-state index is 11.5. The third-order valence-electron chi connectivity index (χ3n) is 2.20. The Bertz CT molecular complexity index is 368. The highest BCUT2D eigenvalue weighted by atomic mass is 32.2. The minimum absolute atomic E-state index is 0.0623. The molecule has 4 nitrogen and oxygen atoms in total. The molecule has 1 atom stereocenters. The second kappa shape index (κ2) is 7.97. The molecule has 0 aliphatic heterocycles. The Kier molecular flexibility index (Phi) is 6.50. The van der Waals surface area contributed by atoms with E-state index in [4.69, 9.17) is 5.73 Å². The standard InChI is InChI=1S/C12H18N2O2S/c13-7-4-8-17(16)10-12(15)14-9-11-5-2-1-3-6-11/h1-3,5-6H,4,7-10,13H2,(H,14,15). The molecule has 0 radical (unpaired) electrons. The highest BCUT2D eigenvalue weighted by Crippen LogP contribution is 1.97. The molecule has 0 bridgehead atoms. The molecule has 0 aliphatic carbocycles. The van der Waals surface area contributed by atoms with Crippen molar-refractivity contribution in [1.82, 2.24) is 5.32 Å². The molecule has 0 spiro atoms. The summed E-state index contributed by atoms with van der Waals surface area (Å²) in [7, 11) is -1.10. The van der Waals surface area contributed by atoms with Gasteiger partial charge in [-0.2, -0.15) is 0 Å². The van der Waals surface area contributed by atoms with Crippen LogP contribution in [0.2, 0.25) is 0 Å². The third kappa shape index (κ3) is 6.19. The zero-order chi connectivity index (χ0) is 12.5. The van der Waals surface area contributed by atoms with E-state index in [2.05, 4.69) is 5.32 Å². The van der Waals surface area contributed by atoms with Gasteiger partial charge in [-0.05, 0) is 18.5 Å². The van der Waals surface area contributed by atoms with Gasteiger partial charge in [0.25, 0.3) is 0 Å². The lowest BCUT2D eigenvalue weighted by Crippen LogP contribution is -2.28. The van der Waals surface area contributed by atoms with Gasteiger partial charge in [-0.25, -0.2) is 0 Å². The second-order valence-electron chi connectivity index (χ2n) is 3.69. The number of nitrogens with two attached hydrogens (primary N) is 1. The van der Waals surface area contributed by atoms with Crippen molar-refractivity contribution in [2.24, 2.45) is 5.73 Å². The molecule has 0 aliphatic rings. The number of hydrogen-bond donors (Lipinski definition) is 2. The molecule has 5 heteroatoms. The van der Waals surface area contributed by atoms with Gasteiger partial charge in [0.05, 0.1) is 0 Å². The first kappa shape index (κ1) is 13.9. The fraction of sp³-hybridized carbons (Fsp3) is 0.417. The smallest absolute Gasteiger partial charge is 0.232 e. The van der Waals surface area contributed by atoms with E-state index in [1.54, 1.807) is 0 Å². The Labute approximate surface area is 104 Å². The summed E-state index contributed by atoms with van der Waals surface area (Å²) in [4.78, 5) is 11.5. The van der Waals surface area contributed by atoms with Crippen molar-refractivity contribution in [3.05, 3.63) is 35.9 Å². The molecule has 1 aromatic rings. The van der Waals surface area contributed by atoms with Gasteiger partial charge < -0.3 is 11.1 Å². The number of carbonyl (C=O) groups excluding carboxylic acids is 1. The van der Waals surface area contributed by atoms with E-state index >= 15 is 0 Å². The van der Waals surface area contributed by atoms with Gasteiger partial charge in [0.1, 0.15) is 5.75 Å². The summed E-state index contributed by atoms with van der Waals surface area (Å²) in [6.45, 7) is 0.991. The summed E-state index contributed by atoms with van der Waals surface area (Å²) in [5.74, 6) is 0.381. The highest BCUT2D eigenvalue weighted by Gasteiger charge is 2.06. The summed E-state index contributed by atoms with van der Waals surface area (Å²) < 4.78 is 11.4. The summed E-state index contributed by atoms with van der Waals surface area (Å²) >= 11 is 0. The molecule has 94 valence electrons. The van der Waals surface area contributed by atoms with Crippen molar-refractivity contribution in [1.29, 1.82) is 0 Å². The second-order valence-corrected chi connectivity index (χ2v) is 5.27. The van der Waals surface area contributed by atoms with Crippen molar-refractivity contribution >= 4 is 16.7 Å². The Morgan fingerprint density at radius 3 is 2.65 bits per heavy atom. The van der Waals surface area contributed by atoms with Crippen LogP contribution in [0.25, 0.3) is 0 Å². The van der Waals surface area contributed by atoms with E-state index in [0.717, 1.165) is 5.56 Å². The molecular weight excluding hydrogens is 236 g/mol. The Morgan fingerprint density at radius 2 is 2.00 bits per heavy atom. The zero-order valence-corrected chi connectivity index (χ0v) is 10.5. The largest absolute Gasteiger partial charge is 0.351 e. The van der Waals surface area contributed by atoms with E-state index < -0.39 is 10.8 Å². The highest BCUT2D eigenvalue weighted by molar-refractivity contribution is 7.85. The van der Waals surface area contributed by atoms with Crippen molar-refractivity contribution in [3.63, 3.8) is 0 Å². The van der Waals surface area contributed by atoms with E-state index in [9.17, 15) is 9.00 Å². The van der Waals surface area contributed by atoms with E-state index in [-0.39, 0.29) is 11.7 Å². The van der Waals surface area contributed by atoms with Crippen LogP contribution in [-0.4, -0.2) is 28.2 Å². The minimum Gasteiger partial charge on any atom is -0.351 e. The van der Waals surface area contributed by atoms with Crippen LogP contribution in [0.1, 0.15) is 12.0 Å². The summed E-state index contributed by atoms with van der Waals surface area (Å²) in [5.41, 5.74) is 6.34. The van der Waals surface area contributed by atoms with Gasteiger partial charge in [0.2, 0.25) is 5.91 Å². The molecule has 0 heterocycles. The third-order valence-corrected chi connectivity index (χ3v) is 3.53. The molecule has 0 saturated heterocycles. The number of carbonyl (C=O) groups is 1. The number of rotatable bonds is 7.